The van der Waals surface area contributed by atoms with Gasteiger partial charge in [-0.2, -0.15) is 0 Å². The van der Waals surface area contributed by atoms with Gasteiger partial charge in [0.1, 0.15) is 5.58 Å². The highest BCUT2D eigenvalue weighted by Gasteiger charge is 2.27. The Hall–Kier alpha value is -1.09. The van der Waals surface area contributed by atoms with E-state index in [4.69, 9.17) is 13.5 Å². The van der Waals surface area contributed by atoms with Crippen LogP contribution in [-0.2, 0) is 13.6 Å². The van der Waals surface area contributed by atoms with Gasteiger partial charge in [-0.1, -0.05) is 6.07 Å². The van der Waals surface area contributed by atoms with Gasteiger partial charge in [0.15, 0.2) is 0 Å². The van der Waals surface area contributed by atoms with Crippen LogP contribution >= 0.6 is 7.60 Å². The van der Waals surface area contributed by atoms with E-state index in [9.17, 15) is 4.57 Å². The average molecular weight is 254 g/mol. The zero-order valence-electron chi connectivity index (χ0n) is 9.88. The topological polar surface area (TPSA) is 48.7 Å². The van der Waals surface area contributed by atoms with Gasteiger partial charge in [-0.3, -0.25) is 4.57 Å². The average Bonchev–Trinajstić information content (AvgIpc) is 2.76. The predicted molar refractivity (Wildman–Crippen MR) is 66.7 cm³/mol. The maximum absolute atomic E-state index is 12.5. The van der Waals surface area contributed by atoms with Crippen LogP contribution in [0, 0.1) is 0 Å². The third-order valence-corrected chi connectivity index (χ3v) is 4.46. The summed E-state index contributed by atoms with van der Waals surface area (Å²) < 4.78 is 28.3. The molecule has 1 aromatic heterocycles. The molecule has 0 aliphatic carbocycles. The fourth-order valence-electron chi connectivity index (χ4n) is 1.64. The van der Waals surface area contributed by atoms with E-state index in [0.29, 0.717) is 24.1 Å². The molecule has 0 saturated carbocycles. The molecule has 1 aromatic carbocycles. The molecular weight excluding hydrogens is 239 g/mol. The first kappa shape index (κ1) is 12.4. The number of hydrogen-bond donors (Lipinski definition) is 0. The molecule has 0 fully saturated rings. The predicted octanol–water partition coefficient (Wildman–Crippen LogP) is 3.32. The minimum atomic E-state index is -3.21. The maximum Gasteiger partial charge on any atom is 0.361 e. The third-order valence-electron chi connectivity index (χ3n) is 2.35. The van der Waals surface area contributed by atoms with Crippen molar-refractivity contribution in [2.45, 2.75) is 13.8 Å². The summed E-state index contributed by atoms with van der Waals surface area (Å²) in [6.07, 6.45) is 1.60. The van der Waals surface area contributed by atoms with Gasteiger partial charge >= 0.3 is 7.60 Å². The summed E-state index contributed by atoms with van der Waals surface area (Å²) in [7, 11) is -3.21. The van der Waals surface area contributed by atoms with Crippen molar-refractivity contribution in [3.8, 4) is 0 Å². The van der Waals surface area contributed by atoms with E-state index in [2.05, 4.69) is 0 Å². The van der Waals surface area contributed by atoms with Gasteiger partial charge in [0.05, 0.1) is 24.8 Å². The lowest BCUT2D eigenvalue weighted by Crippen LogP contribution is -2.10. The molecule has 0 aliphatic heterocycles. The van der Waals surface area contributed by atoms with Crippen LogP contribution in [0.4, 0.5) is 0 Å². The first-order valence-electron chi connectivity index (χ1n) is 5.56. The molecule has 92 valence electrons. The summed E-state index contributed by atoms with van der Waals surface area (Å²) in [5, 5.41) is 1.50. The molecule has 0 N–H and O–H groups in total. The minimum Gasteiger partial charge on any atom is -0.464 e. The first-order chi connectivity index (χ1) is 8.19. The van der Waals surface area contributed by atoms with Crippen LogP contribution in [0.3, 0.4) is 0 Å². The second-order valence-corrected chi connectivity index (χ2v) is 5.50. The Labute approximate surface area is 100 Å². The molecule has 4 nitrogen and oxygen atoms in total. The number of benzene rings is 1. The van der Waals surface area contributed by atoms with Gasteiger partial charge in [-0.15, -0.1) is 0 Å². The Morgan fingerprint density at radius 1 is 1.18 bits per heavy atom. The number of rotatable bonds is 5. The molecule has 17 heavy (non-hydrogen) atoms. The largest absolute Gasteiger partial charge is 0.464 e. The van der Waals surface area contributed by atoms with Crippen molar-refractivity contribution < 1.29 is 18.0 Å². The van der Waals surface area contributed by atoms with Crippen molar-refractivity contribution in [2.75, 3.05) is 13.2 Å². The molecule has 0 saturated heterocycles. The fourth-order valence-corrected chi connectivity index (χ4v) is 3.23. The molecule has 0 bridgehead atoms. The lowest BCUT2D eigenvalue weighted by atomic mass is 10.3. The standard InChI is InChI=1S/C12H15O4P/c1-3-15-17(13,16-4-2)11-6-5-10-7-8-14-12(10)9-11/h5-9H,3-4H2,1-2H3. The van der Waals surface area contributed by atoms with E-state index in [1.54, 1.807) is 32.2 Å². The highest BCUT2D eigenvalue weighted by molar-refractivity contribution is 7.62. The Balaban J connectivity index is 2.44. The van der Waals surface area contributed by atoms with Gasteiger partial charge in [0.25, 0.3) is 0 Å². The lowest BCUT2D eigenvalue weighted by Gasteiger charge is -2.16. The summed E-state index contributed by atoms with van der Waals surface area (Å²) in [5.41, 5.74) is 0.683. The quantitative estimate of drug-likeness (QED) is 0.768. The molecule has 2 aromatic rings. The van der Waals surface area contributed by atoms with E-state index in [1.165, 1.54) is 0 Å². The highest BCUT2D eigenvalue weighted by Crippen LogP contribution is 2.47. The summed E-state index contributed by atoms with van der Waals surface area (Å²) in [6, 6.07) is 7.16. The van der Waals surface area contributed by atoms with Crippen LogP contribution in [0.25, 0.3) is 11.0 Å². The van der Waals surface area contributed by atoms with Crippen molar-refractivity contribution >= 4 is 23.9 Å². The van der Waals surface area contributed by atoms with Gasteiger partial charge in [0, 0.05) is 5.39 Å². The van der Waals surface area contributed by atoms with E-state index < -0.39 is 7.60 Å². The number of fused-ring (bicyclic) bond motifs is 1. The van der Waals surface area contributed by atoms with E-state index in [1.807, 2.05) is 12.1 Å². The molecular formula is C12H15O4P. The summed E-state index contributed by atoms with van der Waals surface area (Å²) in [5.74, 6) is 0. The van der Waals surface area contributed by atoms with Crippen molar-refractivity contribution in [2.24, 2.45) is 0 Å². The Morgan fingerprint density at radius 3 is 2.53 bits per heavy atom. The van der Waals surface area contributed by atoms with Crippen LogP contribution in [0.2, 0.25) is 0 Å². The Bertz CT molecular complexity index is 536. The molecule has 2 rings (SSSR count). The van der Waals surface area contributed by atoms with Crippen molar-refractivity contribution in [1.29, 1.82) is 0 Å². The smallest absolute Gasteiger partial charge is 0.361 e. The van der Waals surface area contributed by atoms with E-state index in [0.717, 1.165) is 5.39 Å². The lowest BCUT2D eigenvalue weighted by molar-refractivity contribution is 0.230. The number of furan rings is 1. The second kappa shape index (κ2) is 5.05. The van der Waals surface area contributed by atoms with Crippen LogP contribution in [0.15, 0.2) is 34.9 Å². The van der Waals surface area contributed by atoms with Gasteiger partial charge in [-0.05, 0) is 32.0 Å². The fraction of sp³-hybridized carbons (Fsp3) is 0.333. The normalized spacial score (nSPS) is 12.1. The second-order valence-electron chi connectivity index (χ2n) is 3.48. The molecule has 0 atom stereocenters. The zero-order valence-corrected chi connectivity index (χ0v) is 10.8. The molecule has 0 amide bonds. The monoisotopic (exact) mass is 254 g/mol. The Kier molecular flexibility index (Phi) is 3.67. The van der Waals surface area contributed by atoms with Crippen molar-refractivity contribution in [3.05, 3.63) is 30.5 Å². The molecule has 0 spiro atoms. The maximum atomic E-state index is 12.5. The van der Waals surface area contributed by atoms with Crippen molar-refractivity contribution in [1.82, 2.24) is 0 Å². The molecule has 1 heterocycles. The van der Waals surface area contributed by atoms with Crippen LogP contribution < -0.4 is 5.30 Å². The summed E-state index contributed by atoms with van der Waals surface area (Å²) >= 11 is 0. The van der Waals surface area contributed by atoms with Gasteiger partial charge < -0.3 is 13.5 Å². The molecule has 0 unspecified atom stereocenters. The molecule has 0 aliphatic rings. The minimum absolute atomic E-state index is 0.341. The first-order valence-corrected chi connectivity index (χ1v) is 7.11. The third kappa shape index (κ3) is 2.44. The summed E-state index contributed by atoms with van der Waals surface area (Å²) in [6.45, 7) is 4.26. The van der Waals surface area contributed by atoms with E-state index in [-0.39, 0.29) is 0 Å². The Morgan fingerprint density at radius 2 is 1.88 bits per heavy atom. The number of hydrogen-bond acceptors (Lipinski definition) is 4. The SMILES string of the molecule is CCOP(=O)(OCC)c1ccc2ccoc2c1. The highest BCUT2D eigenvalue weighted by atomic mass is 31.2. The van der Waals surface area contributed by atoms with Crippen LogP contribution in [0.5, 0.6) is 0 Å². The van der Waals surface area contributed by atoms with Gasteiger partial charge in [0.2, 0.25) is 0 Å². The molecule has 0 radical (unpaired) electrons. The van der Waals surface area contributed by atoms with Crippen LogP contribution in [0.1, 0.15) is 13.8 Å². The zero-order chi connectivity index (χ0) is 12.3. The van der Waals surface area contributed by atoms with Gasteiger partial charge in [-0.25, -0.2) is 0 Å². The van der Waals surface area contributed by atoms with E-state index >= 15 is 0 Å². The van der Waals surface area contributed by atoms with Crippen LogP contribution in [-0.4, -0.2) is 13.2 Å². The summed E-state index contributed by atoms with van der Waals surface area (Å²) in [4.78, 5) is 0. The molecule has 5 heteroatoms. The van der Waals surface area contributed by atoms with Crippen molar-refractivity contribution in [3.63, 3.8) is 0 Å².